The maximum atomic E-state index is 14.2. The molecule has 0 saturated carbocycles. The van der Waals surface area contributed by atoms with Gasteiger partial charge in [0, 0.05) is 36.6 Å². The van der Waals surface area contributed by atoms with Crippen LogP contribution in [0.3, 0.4) is 0 Å². The minimum Gasteiger partial charge on any atom is -0.448 e. The summed E-state index contributed by atoms with van der Waals surface area (Å²) >= 11 is 6.11. The van der Waals surface area contributed by atoms with E-state index in [9.17, 15) is 13.6 Å². The van der Waals surface area contributed by atoms with Crippen molar-refractivity contribution in [3.05, 3.63) is 88.1 Å². The Morgan fingerprint density at radius 3 is 2.66 bits per heavy atom. The fourth-order valence-electron chi connectivity index (χ4n) is 3.45. The quantitative estimate of drug-likeness (QED) is 0.343. The molecule has 2 aromatic carbocycles. The number of rotatable bonds is 5. The summed E-state index contributed by atoms with van der Waals surface area (Å²) in [4.78, 5) is 22.3. The van der Waals surface area contributed by atoms with Crippen LogP contribution in [0.25, 0.3) is 16.7 Å². The molecule has 9 nitrogen and oxygen atoms in total. The van der Waals surface area contributed by atoms with Gasteiger partial charge in [0.1, 0.15) is 5.82 Å². The van der Waals surface area contributed by atoms with Gasteiger partial charge in [0.15, 0.2) is 28.1 Å². The minimum absolute atomic E-state index is 0.155. The van der Waals surface area contributed by atoms with Gasteiger partial charge in [-0.1, -0.05) is 17.7 Å². The van der Waals surface area contributed by atoms with Crippen LogP contribution in [0.1, 0.15) is 0 Å². The third-order valence-electron chi connectivity index (χ3n) is 4.98. The molecule has 35 heavy (non-hydrogen) atoms. The van der Waals surface area contributed by atoms with E-state index >= 15 is 0 Å². The number of aryl methyl sites for hydroxylation is 1. The third-order valence-corrected chi connectivity index (χ3v) is 5.26. The number of nitrogens with one attached hydrogen (secondary N) is 1. The molecule has 0 saturated heterocycles. The number of nitrogen functional groups attached to an aromatic ring is 1. The highest BCUT2D eigenvalue weighted by atomic mass is 35.5. The van der Waals surface area contributed by atoms with E-state index in [2.05, 4.69) is 20.4 Å². The van der Waals surface area contributed by atoms with Crippen LogP contribution in [0, 0.1) is 11.6 Å². The molecule has 0 spiro atoms. The summed E-state index contributed by atoms with van der Waals surface area (Å²) in [7, 11) is 1.71. The van der Waals surface area contributed by atoms with E-state index in [4.69, 9.17) is 22.1 Å². The van der Waals surface area contributed by atoms with Gasteiger partial charge in [-0.2, -0.15) is 10.1 Å². The zero-order chi connectivity index (χ0) is 24.7. The predicted octanol–water partition coefficient (Wildman–Crippen LogP) is 4.56. The first-order valence-electron chi connectivity index (χ1n) is 10.2. The van der Waals surface area contributed by atoms with E-state index in [0.717, 1.165) is 12.1 Å². The van der Waals surface area contributed by atoms with Crippen LogP contribution in [0.2, 0.25) is 5.15 Å². The average molecular weight is 496 g/mol. The Balaban J connectivity index is 1.68. The number of aromatic nitrogens is 5. The second-order valence-electron chi connectivity index (χ2n) is 7.53. The molecule has 176 valence electrons. The van der Waals surface area contributed by atoms with E-state index < -0.39 is 17.2 Å². The standard InChI is InChI=1S/C23H16ClF2N7O2/c1-32-11-17(20(24)31-32)29-23-28-10-12-7-19(35-18-6-5-13(25)8-16(18)26)22(34)33(21(12)30-23)15-4-2-3-14(27)9-15/h2-11H,27H2,1H3,(H,28,29,30). The van der Waals surface area contributed by atoms with Crippen molar-refractivity contribution in [2.45, 2.75) is 0 Å². The number of benzene rings is 2. The molecule has 0 aliphatic heterocycles. The lowest BCUT2D eigenvalue weighted by molar-refractivity contribution is 0.431. The highest BCUT2D eigenvalue weighted by Gasteiger charge is 2.18. The summed E-state index contributed by atoms with van der Waals surface area (Å²) in [5.41, 5.74) is 6.80. The van der Waals surface area contributed by atoms with Crippen molar-refractivity contribution in [2.24, 2.45) is 7.05 Å². The molecule has 0 fully saturated rings. The molecule has 5 aromatic rings. The maximum Gasteiger partial charge on any atom is 0.299 e. The zero-order valence-corrected chi connectivity index (χ0v) is 18.8. The number of nitrogens with zero attached hydrogens (tertiary/aromatic N) is 5. The fraction of sp³-hybridized carbons (Fsp3) is 0.0435. The van der Waals surface area contributed by atoms with E-state index in [1.54, 1.807) is 37.5 Å². The Hall–Kier alpha value is -4.51. The second-order valence-corrected chi connectivity index (χ2v) is 7.88. The largest absolute Gasteiger partial charge is 0.448 e. The van der Waals surface area contributed by atoms with Crippen molar-refractivity contribution in [1.29, 1.82) is 0 Å². The van der Waals surface area contributed by atoms with Crippen LogP contribution in [0.15, 0.2) is 65.7 Å². The molecule has 5 rings (SSSR count). The van der Waals surface area contributed by atoms with Crippen LogP contribution in [0.5, 0.6) is 11.5 Å². The normalized spacial score (nSPS) is 11.1. The number of pyridine rings is 1. The molecule has 0 amide bonds. The Kier molecular flexibility index (Phi) is 5.53. The number of nitrogens with two attached hydrogens (primary N) is 1. The van der Waals surface area contributed by atoms with Gasteiger partial charge in [0.25, 0.3) is 5.56 Å². The van der Waals surface area contributed by atoms with Crippen molar-refractivity contribution < 1.29 is 13.5 Å². The summed E-state index contributed by atoms with van der Waals surface area (Å²) < 4.78 is 35.8. The highest BCUT2D eigenvalue weighted by molar-refractivity contribution is 6.32. The molecule has 3 heterocycles. The molecule has 0 aliphatic rings. The molecule has 3 aromatic heterocycles. The average Bonchev–Trinajstić information content (AvgIpc) is 3.12. The van der Waals surface area contributed by atoms with Crippen molar-refractivity contribution in [3.8, 4) is 17.2 Å². The molecular weight excluding hydrogens is 480 g/mol. The SMILES string of the molecule is Cn1cc(Nc2ncc3cc(Oc4ccc(F)cc4F)c(=O)n(-c4cccc(N)c4)c3n2)c(Cl)n1. The summed E-state index contributed by atoms with van der Waals surface area (Å²) in [6, 6.07) is 10.7. The molecule has 0 bridgehead atoms. The van der Waals surface area contributed by atoms with Crippen molar-refractivity contribution in [1.82, 2.24) is 24.3 Å². The zero-order valence-electron chi connectivity index (χ0n) is 18.0. The number of halogens is 3. The van der Waals surface area contributed by atoms with Gasteiger partial charge in [-0.05, 0) is 36.4 Å². The second kappa shape index (κ2) is 8.69. The van der Waals surface area contributed by atoms with Gasteiger partial charge in [-0.25, -0.2) is 13.8 Å². The van der Waals surface area contributed by atoms with Gasteiger partial charge in [0.2, 0.25) is 5.95 Å². The van der Waals surface area contributed by atoms with Crippen LogP contribution in [-0.2, 0) is 7.05 Å². The summed E-state index contributed by atoms with van der Waals surface area (Å²) in [6.45, 7) is 0. The smallest absolute Gasteiger partial charge is 0.299 e. The minimum atomic E-state index is -0.954. The van der Waals surface area contributed by atoms with Crippen LogP contribution in [-0.4, -0.2) is 24.3 Å². The Labute approximate surface area is 201 Å². The van der Waals surface area contributed by atoms with E-state index in [0.29, 0.717) is 28.5 Å². The van der Waals surface area contributed by atoms with Gasteiger partial charge in [-0.15, -0.1) is 0 Å². The molecular formula is C23H16ClF2N7O2. The lowest BCUT2D eigenvalue weighted by Gasteiger charge is -2.14. The molecule has 0 unspecified atom stereocenters. The van der Waals surface area contributed by atoms with E-state index in [1.165, 1.54) is 21.5 Å². The third kappa shape index (κ3) is 4.36. The molecule has 3 N–H and O–H groups in total. The first kappa shape index (κ1) is 22.3. The van der Waals surface area contributed by atoms with Crippen molar-refractivity contribution >= 4 is 40.0 Å². The number of anilines is 3. The lowest BCUT2D eigenvalue weighted by Crippen LogP contribution is -2.21. The number of ether oxygens (including phenoxy) is 1. The number of hydrogen-bond donors (Lipinski definition) is 2. The molecule has 12 heteroatoms. The summed E-state index contributed by atoms with van der Waals surface area (Å²) in [5, 5.41) is 7.64. The molecule has 0 radical (unpaired) electrons. The Morgan fingerprint density at radius 2 is 1.94 bits per heavy atom. The van der Waals surface area contributed by atoms with E-state index in [-0.39, 0.29) is 28.2 Å². The Bertz CT molecular complexity index is 1650. The molecule has 0 aliphatic carbocycles. The molecule has 0 atom stereocenters. The monoisotopic (exact) mass is 495 g/mol. The van der Waals surface area contributed by atoms with Crippen LogP contribution < -0.4 is 21.3 Å². The maximum absolute atomic E-state index is 14.2. The fourth-order valence-corrected chi connectivity index (χ4v) is 3.67. The van der Waals surface area contributed by atoms with Gasteiger partial charge in [0.05, 0.1) is 11.4 Å². The van der Waals surface area contributed by atoms with Gasteiger partial charge in [-0.3, -0.25) is 14.0 Å². The van der Waals surface area contributed by atoms with Crippen molar-refractivity contribution in [3.63, 3.8) is 0 Å². The predicted molar refractivity (Wildman–Crippen MR) is 127 cm³/mol. The lowest BCUT2D eigenvalue weighted by atomic mass is 10.2. The Morgan fingerprint density at radius 1 is 1.11 bits per heavy atom. The summed E-state index contributed by atoms with van der Waals surface area (Å²) in [6.07, 6.45) is 3.11. The van der Waals surface area contributed by atoms with Gasteiger partial charge < -0.3 is 15.8 Å². The van der Waals surface area contributed by atoms with Gasteiger partial charge >= 0.3 is 0 Å². The first-order valence-corrected chi connectivity index (χ1v) is 10.5. The number of hydrogen-bond acceptors (Lipinski definition) is 7. The van der Waals surface area contributed by atoms with Crippen LogP contribution >= 0.6 is 11.6 Å². The van der Waals surface area contributed by atoms with Crippen molar-refractivity contribution in [2.75, 3.05) is 11.1 Å². The highest BCUT2D eigenvalue weighted by Crippen LogP contribution is 2.28. The van der Waals surface area contributed by atoms with E-state index in [1.807, 2.05) is 0 Å². The van der Waals surface area contributed by atoms with Crippen LogP contribution in [0.4, 0.5) is 26.1 Å². The topological polar surface area (TPSA) is 113 Å². The number of fused-ring (bicyclic) bond motifs is 1. The summed E-state index contributed by atoms with van der Waals surface area (Å²) in [5.74, 6) is -2.10. The first-order chi connectivity index (χ1) is 16.8.